The van der Waals surface area contributed by atoms with E-state index in [1.54, 1.807) is 13.0 Å². The van der Waals surface area contributed by atoms with Crippen LogP contribution in [0.5, 0.6) is 23.1 Å². The maximum absolute atomic E-state index is 15.2. The van der Waals surface area contributed by atoms with E-state index < -0.39 is 24.1 Å². The van der Waals surface area contributed by atoms with E-state index in [-0.39, 0.29) is 45.5 Å². The van der Waals surface area contributed by atoms with Gasteiger partial charge in [-0.05, 0) is 42.8 Å². The van der Waals surface area contributed by atoms with Gasteiger partial charge >= 0.3 is 6.55 Å². The lowest BCUT2D eigenvalue weighted by molar-refractivity contribution is 0.0566. The molecule has 1 amide bonds. The largest absolute Gasteiger partial charge is 0.506 e. The molecular formula is C32H22F4N6O4. The Kier molecular flexibility index (Phi) is 7.92. The van der Waals surface area contributed by atoms with E-state index in [0.717, 1.165) is 12.3 Å². The van der Waals surface area contributed by atoms with Crippen molar-refractivity contribution in [2.24, 2.45) is 0 Å². The van der Waals surface area contributed by atoms with Crippen molar-refractivity contribution >= 4 is 22.6 Å². The number of carbonyl (C=O) groups is 1. The van der Waals surface area contributed by atoms with Gasteiger partial charge in [0.2, 0.25) is 5.88 Å². The van der Waals surface area contributed by atoms with Crippen LogP contribution in [0.15, 0.2) is 79.4 Å². The first-order chi connectivity index (χ1) is 22.1. The van der Waals surface area contributed by atoms with Crippen LogP contribution in [0.3, 0.4) is 0 Å². The van der Waals surface area contributed by atoms with Crippen LogP contribution >= 0.6 is 0 Å². The first-order valence-electron chi connectivity index (χ1n) is 13.5. The highest BCUT2D eigenvalue weighted by Crippen LogP contribution is 2.37. The monoisotopic (exact) mass is 630 g/mol. The normalized spacial score (nSPS) is 11.2. The fourth-order valence-corrected chi connectivity index (χ4v) is 4.76. The lowest BCUT2D eigenvalue weighted by Crippen LogP contribution is -2.13. The van der Waals surface area contributed by atoms with Gasteiger partial charge in [-0.25, -0.2) is 18.4 Å². The Bertz CT molecular complexity index is 2100. The Balaban J connectivity index is 1.25. The number of hydrogen-bond acceptors (Lipinski definition) is 8. The van der Waals surface area contributed by atoms with E-state index in [4.69, 9.17) is 9.47 Å². The van der Waals surface area contributed by atoms with Crippen LogP contribution in [0.1, 0.15) is 22.6 Å². The number of amides is 1. The molecule has 10 nitrogen and oxygen atoms in total. The molecule has 232 valence electrons. The Morgan fingerprint density at radius 1 is 0.978 bits per heavy atom. The molecular weight excluding hydrogens is 608 g/mol. The summed E-state index contributed by atoms with van der Waals surface area (Å²) in [5.74, 6) is -2.41. The Hall–Kier alpha value is -6.05. The number of halogens is 4. The van der Waals surface area contributed by atoms with Crippen molar-refractivity contribution in [1.29, 1.82) is 0 Å². The number of carbonyl (C=O) groups excluding carboxylic acids is 1. The highest BCUT2D eigenvalue weighted by Gasteiger charge is 2.21. The molecule has 0 aliphatic heterocycles. The lowest BCUT2D eigenvalue weighted by Gasteiger charge is -2.14. The summed E-state index contributed by atoms with van der Waals surface area (Å²) in [4.78, 5) is 25.9. The van der Waals surface area contributed by atoms with Gasteiger partial charge in [0.15, 0.2) is 17.3 Å². The number of pyridine rings is 3. The van der Waals surface area contributed by atoms with Crippen LogP contribution in [-0.4, -0.2) is 42.9 Å². The van der Waals surface area contributed by atoms with Gasteiger partial charge in [-0.2, -0.15) is 13.9 Å². The number of aromatic hydroxyl groups is 1. The molecule has 46 heavy (non-hydrogen) atoms. The Morgan fingerprint density at radius 3 is 2.46 bits per heavy atom. The second-order valence-electron chi connectivity index (χ2n) is 9.90. The number of fused-ring (bicyclic) bond motifs is 1. The van der Waals surface area contributed by atoms with Gasteiger partial charge in [0.1, 0.15) is 22.6 Å². The van der Waals surface area contributed by atoms with Crippen molar-refractivity contribution in [3.8, 4) is 45.4 Å². The topological polar surface area (TPSA) is 124 Å². The molecule has 6 aromatic rings. The number of rotatable bonds is 8. The summed E-state index contributed by atoms with van der Waals surface area (Å²) < 4.78 is 66.4. The van der Waals surface area contributed by atoms with Crippen LogP contribution < -0.4 is 14.8 Å². The number of nitrogens with zero attached hydrogens (tertiary/aromatic N) is 5. The summed E-state index contributed by atoms with van der Waals surface area (Å²) in [7, 11) is 1.36. The Labute approximate surface area is 257 Å². The third kappa shape index (κ3) is 5.75. The first-order valence-corrected chi connectivity index (χ1v) is 13.5. The summed E-state index contributed by atoms with van der Waals surface area (Å²) in [6.45, 7) is -1.19. The molecule has 0 fully saturated rings. The van der Waals surface area contributed by atoms with Gasteiger partial charge in [-0.1, -0.05) is 12.1 Å². The minimum atomic E-state index is -2.83. The number of ether oxygens (including phenoxy) is 2. The van der Waals surface area contributed by atoms with Gasteiger partial charge in [-0.15, -0.1) is 0 Å². The fraction of sp³-hybridized carbons (Fsp3) is 0.0938. The van der Waals surface area contributed by atoms with E-state index in [2.05, 4.69) is 25.4 Å². The second-order valence-corrected chi connectivity index (χ2v) is 9.90. The number of anilines is 1. The predicted molar refractivity (Wildman–Crippen MR) is 159 cm³/mol. The number of nitrogens with one attached hydrogen (secondary N) is 1. The fourth-order valence-electron chi connectivity index (χ4n) is 4.76. The van der Waals surface area contributed by atoms with Crippen molar-refractivity contribution < 1.29 is 36.9 Å². The molecule has 0 radical (unpaired) electrons. The molecule has 0 saturated carbocycles. The van der Waals surface area contributed by atoms with Crippen LogP contribution in [0.4, 0.5) is 23.2 Å². The molecule has 6 rings (SSSR count). The number of benzene rings is 2. The van der Waals surface area contributed by atoms with Crippen molar-refractivity contribution in [1.82, 2.24) is 24.7 Å². The molecule has 4 aromatic heterocycles. The number of alkyl halides is 2. The maximum Gasteiger partial charge on any atom is 0.333 e. The summed E-state index contributed by atoms with van der Waals surface area (Å²) in [6.07, 6.45) is 4.99. The molecule has 0 unspecified atom stereocenters. The summed E-state index contributed by atoms with van der Waals surface area (Å²) in [6, 6.07) is 12.1. The highest BCUT2D eigenvalue weighted by molar-refractivity contribution is 6.07. The van der Waals surface area contributed by atoms with E-state index in [9.17, 15) is 23.1 Å². The zero-order chi connectivity index (χ0) is 32.5. The molecule has 0 aliphatic carbocycles. The quantitative estimate of drug-likeness (QED) is 0.168. The van der Waals surface area contributed by atoms with Crippen LogP contribution in [0, 0.1) is 18.6 Å². The van der Waals surface area contributed by atoms with E-state index >= 15 is 4.39 Å². The average Bonchev–Trinajstić information content (AvgIpc) is 3.54. The van der Waals surface area contributed by atoms with E-state index in [0.29, 0.717) is 32.6 Å². The van der Waals surface area contributed by atoms with E-state index in [1.807, 2.05) is 0 Å². The molecule has 14 heteroatoms. The van der Waals surface area contributed by atoms with Crippen molar-refractivity contribution in [3.63, 3.8) is 0 Å². The zero-order valence-corrected chi connectivity index (χ0v) is 24.0. The number of hydrogen-bond donors (Lipinski definition) is 2. The van der Waals surface area contributed by atoms with Crippen LogP contribution in [0.2, 0.25) is 0 Å². The molecule has 0 atom stereocenters. The zero-order valence-electron chi connectivity index (χ0n) is 24.0. The average molecular weight is 631 g/mol. The Morgan fingerprint density at radius 2 is 1.76 bits per heavy atom. The molecule has 0 bridgehead atoms. The SMILES string of the molecule is COc1nc2c(Oc3ccc(NC(=O)c4cnc(C)c(-c5ccc(F)cc5)c4O)cc3F)ccnc2cc1-c1cnn(C(F)F)c1. The lowest BCUT2D eigenvalue weighted by atomic mass is 10.0. The number of aryl methyl sites for hydroxylation is 1. The van der Waals surface area contributed by atoms with Gasteiger partial charge in [0.25, 0.3) is 5.91 Å². The molecule has 0 aliphatic rings. The van der Waals surface area contributed by atoms with Crippen molar-refractivity contribution in [2.75, 3.05) is 12.4 Å². The van der Waals surface area contributed by atoms with Gasteiger partial charge in [0, 0.05) is 58.8 Å². The molecule has 0 spiro atoms. The smallest absolute Gasteiger partial charge is 0.333 e. The van der Waals surface area contributed by atoms with Crippen molar-refractivity contribution in [2.45, 2.75) is 13.5 Å². The van der Waals surface area contributed by atoms with Gasteiger partial charge < -0.3 is 19.9 Å². The minimum Gasteiger partial charge on any atom is -0.506 e. The van der Waals surface area contributed by atoms with Crippen LogP contribution in [0.25, 0.3) is 33.3 Å². The maximum atomic E-state index is 15.2. The second kappa shape index (κ2) is 12.1. The minimum absolute atomic E-state index is 0.0616. The molecule has 0 saturated heterocycles. The third-order valence-corrected chi connectivity index (χ3v) is 6.97. The van der Waals surface area contributed by atoms with E-state index in [1.165, 1.54) is 68.2 Å². The molecule has 2 N–H and O–H groups in total. The summed E-state index contributed by atoms with van der Waals surface area (Å²) >= 11 is 0. The summed E-state index contributed by atoms with van der Waals surface area (Å²) in [5.41, 5.74) is 2.23. The standard InChI is InChI=1S/C32H22F4N6O4/c1-16-27(17-3-5-19(33)6-4-17)29(43)22(14-38-16)30(44)40-20-7-8-25(23(34)11-20)46-26-9-10-37-24-12-21(31(45-2)41-28(24)26)18-13-39-42(15-18)32(35)36/h3-15,32H,1-2H3,(H,38,43)(H,40,44). The highest BCUT2D eigenvalue weighted by atomic mass is 19.3. The summed E-state index contributed by atoms with van der Waals surface area (Å²) in [5, 5.41) is 17.1. The molecule has 4 heterocycles. The van der Waals surface area contributed by atoms with Gasteiger partial charge in [-0.3, -0.25) is 14.8 Å². The predicted octanol–water partition coefficient (Wildman–Crippen LogP) is 7.30. The van der Waals surface area contributed by atoms with Crippen LogP contribution in [-0.2, 0) is 0 Å². The number of methoxy groups -OCH3 is 1. The first kappa shape index (κ1) is 30.0. The molecule has 2 aromatic carbocycles. The van der Waals surface area contributed by atoms with Gasteiger partial charge in [0.05, 0.1) is 18.8 Å². The van der Waals surface area contributed by atoms with Crippen molar-refractivity contribution in [3.05, 3.63) is 102 Å². The third-order valence-electron chi connectivity index (χ3n) is 6.97. The number of aromatic nitrogens is 5.